The van der Waals surface area contributed by atoms with Crippen LogP contribution in [-0.4, -0.2) is 29.5 Å². The third-order valence-electron chi connectivity index (χ3n) is 5.25. The van der Waals surface area contributed by atoms with Crippen molar-refractivity contribution in [1.82, 2.24) is 5.43 Å². The number of carbonyl (C=O) groups excluding carboxylic acids is 1. The summed E-state index contributed by atoms with van der Waals surface area (Å²) < 4.78 is 7.46. The van der Waals surface area contributed by atoms with E-state index in [1.165, 1.54) is 6.21 Å². The molecule has 0 saturated carbocycles. The Labute approximate surface area is 201 Å². The lowest BCUT2D eigenvalue weighted by molar-refractivity contribution is -0.125. The second kappa shape index (κ2) is 9.87. The summed E-state index contributed by atoms with van der Waals surface area (Å²) in [6.45, 7) is 1.51. The first-order valence-electron chi connectivity index (χ1n) is 10.1. The predicted octanol–water partition coefficient (Wildman–Crippen LogP) is 5.43. The van der Waals surface area contributed by atoms with Crippen molar-refractivity contribution in [3.05, 3.63) is 61.7 Å². The number of aromatic hydroxyl groups is 1. The first-order chi connectivity index (χ1) is 15.4. The highest BCUT2D eigenvalue weighted by Gasteiger charge is 2.22. The number of amides is 1. The van der Waals surface area contributed by atoms with E-state index in [-0.39, 0.29) is 12.4 Å². The summed E-state index contributed by atoms with van der Waals surface area (Å²) in [4.78, 5) is 17.2. The van der Waals surface area contributed by atoms with Crippen molar-refractivity contribution in [2.75, 3.05) is 6.61 Å². The Morgan fingerprint density at radius 1 is 1.25 bits per heavy atom. The van der Waals surface area contributed by atoms with Gasteiger partial charge in [-0.3, -0.25) is 4.79 Å². The zero-order chi connectivity index (χ0) is 22.7. The molecule has 0 saturated heterocycles. The molecule has 0 fully saturated rings. The Bertz CT molecular complexity index is 1220. The maximum absolute atomic E-state index is 12.1. The molecule has 1 aromatic heterocycles. The van der Waals surface area contributed by atoms with E-state index in [2.05, 4.69) is 47.5 Å². The van der Waals surface area contributed by atoms with Gasteiger partial charge < -0.3 is 14.4 Å². The van der Waals surface area contributed by atoms with Crippen LogP contribution in [0, 0.1) is 0 Å². The quantitative estimate of drug-likeness (QED) is 0.309. The number of phenols is 1. The van der Waals surface area contributed by atoms with Gasteiger partial charge in [-0.15, -0.1) is 0 Å². The Balaban J connectivity index is 1.43. The van der Waals surface area contributed by atoms with Crippen LogP contribution in [0.3, 0.4) is 0 Å². The molecule has 1 aliphatic carbocycles. The van der Waals surface area contributed by atoms with E-state index in [0.717, 1.165) is 52.4 Å². The smallest absolute Gasteiger partial charge is 0.280 e. The van der Waals surface area contributed by atoms with Crippen LogP contribution in [-0.2, 0) is 22.5 Å². The second-order valence-corrected chi connectivity index (χ2v) is 9.22. The number of aryl methyl sites for hydroxylation is 2. The van der Waals surface area contributed by atoms with Crippen LogP contribution in [0.2, 0.25) is 0 Å². The Hall–Kier alpha value is -2.65. The van der Waals surface area contributed by atoms with Crippen LogP contribution in [0.1, 0.15) is 42.2 Å². The molecule has 0 atom stereocenters. The number of benzene rings is 2. The molecule has 0 aliphatic heterocycles. The molecule has 7 nitrogen and oxygen atoms in total. The van der Waals surface area contributed by atoms with Crippen LogP contribution in [0.15, 0.2) is 54.0 Å². The number of hydrogen-bond donors (Lipinski definition) is 2. The van der Waals surface area contributed by atoms with Gasteiger partial charge in [-0.1, -0.05) is 33.2 Å². The van der Waals surface area contributed by atoms with Crippen LogP contribution in [0.4, 0.5) is 0 Å². The fraction of sp³-hybridized carbons (Fsp3) is 0.261. The summed E-state index contributed by atoms with van der Waals surface area (Å²) in [5.74, 6) is 0.541. The number of halogens is 2. The van der Waals surface area contributed by atoms with Crippen molar-refractivity contribution >= 4 is 60.7 Å². The molecular weight excluding hydrogens is 542 g/mol. The molecule has 0 unspecified atom stereocenters. The van der Waals surface area contributed by atoms with Crippen LogP contribution in [0.25, 0.3) is 11.0 Å². The molecule has 3 aromatic rings. The van der Waals surface area contributed by atoms with E-state index in [1.54, 1.807) is 13.0 Å². The van der Waals surface area contributed by atoms with Gasteiger partial charge >= 0.3 is 0 Å². The van der Waals surface area contributed by atoms with E-state index in [1.807, 2.05) is 24.3 Å². The van der Waals surface area contributed by atoms with E-state index >= 15 is 0 Å². The Morgan fingerprint density at radius 3 is 2.78 bits per heavy atom. The summed E-state index contributed by atoms with van der Waals surface area (Å²) in [5, 5.41) is 19.4. The number of fused-ring (bicyclic) bond motifs is 3. The van der Waals surface area contributed by atoms with E-state index in [4.69, 9.17) is 9.25 Å². The molecule has 1 aliphatic rings. The number of nitrogens with one attached hydrogen (secondary N) is 1. The molecule has 1 heterocycles. The molecule has 2 aromatic carbocycles. The minimum absolute atomic E-state index is 0.0515. The number of oxime groups is 1. The third-order valence-corrected chi connectivity index (χ3v) is 6.38. The lowest BCUT2D eigenvalue weighted by Gasteiger charge is -2.10. The second-order valence-electron chi connectivity index (χ2n) is 7.45. The van der Waals surface area contributed by atoms with Crippen LogP contribution in [0.5, 0.6) is 5.75 Å². The molecule has 9 heteroatoms. The highest BCUT2D eigenvalue weighted by molar-refractivity contribution is 9.10. The zero-order valence-corrected chi connectivity index (χ0v) is 20.5. The van der Waals surface area contributed by atoms with Gasteiger partial charge in [0.05, 0.1) is 16.4 Å². The Morgan fingerprint density at radius 2 is 2.00 bits per heavy atom. The lowest BCUT2D eigenvalue weighted by Crippen LogP contribution is -2.22. The molecule has 0 bridgehead atoms. The molecule has 166 valence electrons. The number of rotatable bonds is 6. The SMILES string of the molecule is C/C(=N/OCC(=O)N/N=C/c1c(O)c(Br)cc2oc3c(c12)CCCC3)c1ccc(Br)cc1. The summed E-state index contributed by atoms with van der Waals surface area (Å²) in [7, 11) is 0. The monoisotopic (exact) mass is 561 g/mol. The van der Waals surface area contributed by atoms with Crippen LogP contribution >= 0.6 is 31.9 Å². The van der Waals surface area contributed by atoms with Gasteiger partial charge in [0.1, 0.15) is 17.1 Å². The summed E-state index contributed by atoms with van der Waals surface area (Å²) in [6.07, 6.45) is 5.36. The minimum Gasteiger partial charge on any atom is -0.506 e. The number of carbonyl (C=O) groups is 1. The number of furan rings is 1. The summed E-state index contributed by atoms with van der Waals surface area (Å²) in [6, 6.07) is 9.37. The van der Waals surface area contributed by atoms with Gasteiger partial charge in [0.15, 0.2) is 6.61 Å². The first-order valence-corrected chi connectivity index (χ1v) is 11.7. The molecule has 0 radical (unpaired) electrons. The van der Waals surface area contributed by atoms with Crippen molar-refractivity contribution in [1.29, 1.82) is 0 Å². The normalized spacial score (nSPS) is 14.0. The highest BCUT2D eigenvalue weighted by atomic mass is 79.9. The third kappa shape index (κ3) is 4.88. The summed E-state index contributed by atoms with van der Waals surface area (Å²) in [5.41, 5.74) is 6.25. The standard InChI is InChI=1S/C23H21Br2N3O4/c1-13(14-6-8-15(24)9-7-14)28-31-12-21(29)27-26-11-17-22-16-4-2-3-5-19(16)32-20(22)10-18(25)23(17)30/h6-11,30H,2-5,12H2,1H3,(H,27,29)/b26-11+,28-13-. The molecule has 1 amide bonds. The van der Waals surface area contributed by atoms with Crippen LogP contribution < -0.4 is 5.43 Å². The number of phenolic OH excluding ortho intramolecular Hbond substituents is 1. The van der Waals surface area contributed by atoms with Crippen molar-refractivity contribution in [2.24, 2.45) is 10.3 Å². The minimum atomic E-state index is -0.464. The molecular formula is C23H21Br2N3O4. The molecule has 32 heavy (non-hydrogen) atoms. The van der Waals surface area contributed by atoms with Crippen molar-refractivity contribution in [3.63, 3.8) is 0 Å². The number of hydrogen-bond acceptors (Lipinski definition) is 6. The molecule has 2 N–H and O–H groups in total. The largest absolute Gasteiger partial charge is 0.506 e. The number of nitrogens with zero attached hydrogens (tertiary/aromatic N) is 2. The maximum atomic E-state index is 12.1. The van der Waals surface area contributed by atoms with E-state index < -0.39 is 5.91 Å². The summed E-state index contributed by atoms with van der Waals surface area (Å²) >= 11 is 6.74. The molecule has 4 rings (SSSR count). The van der Waals surface area contributed by atoms with Gasteiger partial charge in [-0.25, -0.2) is 5.43 Å². The van der Waals surface area contributed by atoms with Gasteiger partial charge in [0.25, 0.3) is 5.91 Å². The fourth-order valence-electron chi connectivity index (χ4n) is 3.67. The van der Waals surface area contributed by atoms with Crippen molar-refractivity contribution in [2.45, 2.75) is 32.6 Å². The Kier molecular flexibility index (Phi) is 6.95. The maximum Gasteiger partial charge on any atom is 0.280 e. The van der Waals surface area contributed by atoms with Crippen molar-refractivity contribution in [3.8, 4) is 5.75 Å². The zero-order valence-electron chi connectivity index (χ0n) is 17.3. The fourth-order valence-corrected chi connectivity index (χ4v) is 4.36. The van der Waals surface area contributed by atoms with E-state index in [0.29, 0.717) is 21.3 Å². The average molecular weight is 563 g/mol. The van der Waals surface area contributed by atoms with Gasteiger partial charge in [-0.05, 0) is 65.9 Å². The van der Waals surface area contributed by atoms with E-state index in [9.17, 15) is 9.90 Å². The van der Waals surface area contributed by atoms with Gasteiger partial charge in [-0.2, -0.15) is 5.10 Å². The average Bonchev–Trinajstić information content (AvgIpc) is 3.14. The highest BCUT2D eigenvalue weighted by Crippen LogP contribution is 2.40. The van der Waals surface area contributed by atoms with Gasteiger partial charge in [0, 0.05) is 27.4 Å². The topological polar surface area (TPSA) is 96.4 Å². The predicted molar refractivity (Wildman–Crippen MR) is 130 cm³/mol. The number of hydrazone groups is 1. The molecule has 0 spiro atoms. The first kappa shape index (κ1) is 22.5. The van der Waals surface area contributed by atoms with Gasteiger partial charge in [0.2, 0.25) is 0 Å². The van der Waals surface area contributed by atoms with Crippen molar-refractivity contribution < 1.29 is 19.2 Å². The lowest BCUT2D eigenvalue weighted by atomic mass is 9.94.